The average molecular weight is 273 g/mol. The molecule has 0 bridgehead atoms. The molecule has 8 heteroatoms. The lowest BCUT2D eigenvalue weighted by Gasteiger charge is -2.05. The Bertz CT molecular complexity index is 309. The Labute approximate surface area is 86.4 Å². The van der Waals surface area contributed by atoms with Crippen LogP contribution in [0, 0.1) is 0 Å². The summed E-state index contributed by atoms with van der Waals surface area (Å²) in [6, 6.07) is 0. The molecule has 0 aliphatic carbocycles. The van der Waals surface area contributed by atoms with Gasteiger partial charge in [-0.25, -0.2) is 4.68 Å². The molecule has 0 saturated heterocycles. The molecule has 0 spiro atoms. The lowest BCUT2D eigenvalue weighted by Crippen LogP contribution is -2.10. The van der Waals surface area contributed by atoms with E-state index < -0.39 is 12.6 Å². The number of halogens is 4. The molecule has 1 heterocycles. The number of rotatable bonds is 3. The molecule has 0 aliphatic heterocycles. The molecule has 14 heavy (non-hydrogen) atoms. The van der Waals surface area contributed by atoms with E-state index >= 15 is 0 Å². The van der Waals surface area contributed by atoms with Gasteiger partial charge in [0.05, 0.1) is 0 Å². The summed E-state index contributed by atoms with van der Waals surface area (Å²) in [6.45, 7) is 0.143. The van der Waals surface area contributed by atoms with E-state index in [4.69, 9.17) is 5.73 Å². The molecule has 0 radical (unpaired) electrons. The first kappa shape index (κ1) is 11.3. The highest BCUT2D eigenvalue weighted by molar-refractivity contribution is 9.10. The first-order valence-electron chi connectivity index (χ1n) is 3.81. The molecular weight excluding hydrogens is 265 g/mol. The van der Waals surface area contributed by atoms with Gasteiger partial charge in [0.15, 0.2) is 4.73 Å². The molecule has 1 aromatic heterocycles. The first-order valence-corrected chi connectivity index (χ1v) is 4.60. The van der Waals surface area contributed by atoms with Gasteiger partial charge in [0, 0.05) is 13.0 Å². The number of alkyl halides is 3. The summed E-state index contributed by atoms with van der Waals surface area (Å²) in [5, 5.41) is 3.70. The van der Waals surface area contributed by atoms with Crippen LogP contribution in [0.1, 0.15) is 12.8 Å². The number of nitrogens with zero attached hydrogens (tertiary/aromatic N) is 3. The molecule has 0 unspecified atom stereocenters. The topological polar surface area (TPSA) is 56.7 Å². The lowest BCUT2D eigenvalue weighted by atomic mass is 10.3. The second-order valence-corrected chi connectivity index (χ2v) is 3.39. The summed E-state index contributed by atoms with van der Waals surface area (Å²) in [5.74, 6) is 0.0453. The van der Waals surface area contributed by atoms with Crippen LogP contribution in [0.3, 0.4) is 0 Å². The van der Waals surface area contributed by atoms with Crippen molar-refractivity contribution in [3.05, 3.63) is 4.73 Å². The van der Waals surface area contributed by atoms with Gasteiger partial charge in [-0.2, -0.15) is 18.2 Å². The molecule has 1 aromatic rings. The van der Waals surface area contributed by atoms with E-state index in [9.17, 15) is 13.2 Å². The fourth-order valence-electron chi connectivity index (χ4n) is 0.911. The van der Waals surface area contributed by atoms with Crippen LogP contribution in [0.4, 0.5) is 19.1 Å². The Morgan fingerprint density at radius 1 is 1.43 bits per heavy atom. The second kappa shape index (κ2) is 4.16. The number of aromatic nitrogens is 3. The molecule has 0 aliphatic rings. The number of hydrogen-bond donors (Lipinski definition) is 1. The summed E-state index contributed by atoms with van der Waals surface area (Å²) < 4.78 is 37.0. The first-order chi connectivity index (χ1) is 6.38. The number of nitrogens with two attached hydrogens (primary N) is 1. The summed E-state index contributed by atoms with van der Waals surface area (Å²) in [5.41, 5.74) is 5.24. The van der Waals surface area contributed by atoms with Crippen molar-refractivity contribution in [1.82, 2.24) is 14.8 Å². The Hall–Kier alpha value is -0.790. The van der Waals surface area contributed by atoms with E-state index in [1.807, 2.05) is 0 Å². The SMILES string of the molecule is Nc1nc(Br)n(CCCC(F)(F)F)n1. The third-order valence-electron chi connectivity index (χ3n) is 1.47. The Morgan fingerprint density at radius 2 is 2.07 bits per heavy atom. The van der Waals surface area contributed by atoms with Crippen LogP contribution in [-0.2, 0) is 6.54 Å². The minimum atomic E-state index is -4.13. The summed E-state index contributed by atoms with van der Waals surface area (Å²) in [7, 11) is 0. The molecule has 1 rings (SSSR count). The predicted molar refractivity (Wildman–Crippen MR) is 47.4 cm³/mol. The third-order valence-corrected chi connectivity index (χ3v) is 2.06. The van der Waals surface area contributed by atoms with Gasteiger partial charge >= 0.3 is 6.18 Å². The van der Waals surface area contributed by atoms with Gasteiger partial charge in [-0.3, -0.25) is 0 Å². The van der Waals surface area contributed by atoms with Crippen LogP contribution in [0.15, 0.2) is 4.73 Å². The second-order valence-electron chi connectivity index (χ2n) is 2.68. The maximum atomic E-state index is 11.8. The normalized spacial score (nSPS) is 12.0. The third kappa shape index (κ3) is 3.52. The van der Waals surface area contributed by atoms with Crippen molar-refractivity contribution in [1.29, 1.82) is 0 Å². The van der Waals surface area contributed by atoms with E-state index in [1.54, 1.807) is 0 Å². The number of hydrogen-bond acceptors (Lipinski definition) is 3. The smallest absolute Gasteiger partial charge is 0.366 e. The zero-order valence-corrected chi connectivity index (χ0v) is 8.64. The zero-order valence-electron chi connectivity index (χ0n) is 7.05. The fraction of sp³-hybridized carbons (Fsp3) is 0.667. The summed E-state index contributed by atoms with van der Waals surface area (Å²) in [6.07, 6.45) is -5.00. The summed E-state index contributed by atoms with van der Waals surface area (Å²) >= 11 is 3.03. The van der Waals surface area contributed by atoms with Crippen LogP contribution in [0.5, 0.6) is 0 Å². The van der Waals surface area contributed by atoms with Crippen molar-refractivity contribution in [2.24, 2.45) is 0 Å². The van der Waals surface area contributed by atoms with Crippen molar-refractivity contribution in [3.8, 4) is 0 Å². The van der Waals surface area contributed by atoms with Crippen molar-refractivity contribution < 1.29 is 13.2 Å². The lowest BCUT2D eigenvalue weighted by molar-refractivity contribution is -0.136. The van der Waals surface area contributed by atoms with Gasteiger partial charge in [-0.15, -0.1) is 5.10 Å². The van der Waals surface area contributed by atoms with Crippen molar-refractivity contribution in [3.63, 3.8) is 0 Å². The molecule has 80 valence electrons. The van der Waals surface area contributed by atoms with Gasteiger partial charge in [0.1, 0.15) is 0 Å². The Kier molecular flexibility index (Phi) is 3.35. The highest BCUT2D eigenvalue weighted by atomic mass is 79.9. The molecular formula is C6H8BrF3N4. The Morgan fingerprint density at radius 3 is 2.50 bits per heavy atom. The van der Waals surface area contributed by atoms with E-state index in [0.717, 1.165) is 0 Å². The van der Waals surface area contributed by atoms with Crippen LogP contribution in [0.2, 0.25) is 0 Å². The average Bonchev–Trinajstić information content (AvgIpc) is 2.27. The quantitative estimate of drug-likeness (QED) is 0.915. The van der Waals surface area contributed by atoms with E-state index in [2.05, 4.69) is 26.0 Å². The van der Waals surface area contributed by atoms with Gasteiger partial charge in [-0.05, 0) is 22.4 Å². The number of nitrogen functional groups attached to an aromatic ring is 1. The largest absolute Gasteiger partial charge is 0.389 e. The molecule has 2 N–H and O–H groups in total. The van der Waals surface area contributed by atoms with Gasteiger partial charge in [0.2, 0.25) is 5.95 Å². The minimum Gasteiger partial charge on any atom is -0.366 e. The van der Waals surface area contributed by atoms with Crippen molar-refractivity contribution in [2.45, 2.75) is 25.6 Å². The maximum Gasteiger partial charge on any atom is 0.389 e. The van der Waals surface area contributed by atoms with E-state index in [-0.39, 0.29) is 18.9 Å². The van der Waals surface area contributed by atoms with Crippen LogP contribution in [0.25, 0.3) is 0 Å². The van der Waals surface area contributed by atoms with Crippen molar-refractivity contribution in [2.75, 3.05) is 5.73 Å². The standard InChI is InChI=1S/C6H8BrF3N4/c7-4-12-5(11)13-14(4)3-1-2-6(8,9)10/h1-3H2,(H2,11,13). The maximum absolute atomic E-state index is 11.8. The number of aryl methyl sites for hydroxylation is 1. The Balaban J connectivity index is 2.42. The predicted octanol–water partition coefficient (Wildman–Crippen LogP) is 1.97. The molecule has 4 nitrogen and oxygen atoms in total. The van der Waals surface area contributed by atoms with Gasteiger partial charge in [0.25, 0.3) is 0 Å². The van der Waals surface area contributed by atoms with Crippen LogP contribution >= 0.6 is 15.9 Å². The number of anilines is 1. The highest BCUT2D eigenvalue weighted by Gasteiger charge is 2.26. The van der Waals surface area contributed by atoms with Crippen LogP contribution in [-0.4, -0.2) is 20.9 Å². The highest BCUT2D eigenvalue weighted by Crippen LogP contribution is 2.22. The molecule has 0 aromatic carbocycles. The monoisotopic (exact) mass is 272 g/mol. The van der Waals surface area contributed by atoms with Crippen LogP contribution < -0.4 is 5.73 Å². The van der Waals surface area contributed by atoms with Crippen molar-refractivity contribution >= 4 is 21.9 Å². The van der Waals surface area contributed by atoms with E-state index in [1.165, 1.54) is 4.68 Å². The zero-order chi connectivity index (χ0) is 10.8. The molecule has 0 atom stereocenters. The fourth-order valence-corrected chi connectivity index (χ4v) is 1.35. The molecule has 0 saturated carbocycles. The summed E-state index contributed by atoms with van der Waals surface area (Å²) in [4.78, 5) is 3.69. The minimum absolute atomic E-state index is 0.0368. The molecule has 0 fully saturated rings. The van der Waals surface area contributed by atoms with E-state index in [0.29, 0.717) is 4.73 Å². The van der Waals surface area contributed by atoms with Gasteiger partial charge < -0.3 is 5.73 Å². The van der Waals surface area contributed by atoms with Gasteiger partial charge in [-0.1, -0.05) is 0 Å². The molecule has 0 amide bonds.